The van der Waals surface area contributed by atoms with Crippen LogP contribution in [0.4, 0.5) is 10.1 Å². The van der Waals surface area contributed by atoms with Gasteiger partial charge in [-0.15, -0.1) is 0 Å². The highest BCUT2D eigenvalue weighted by atomic mass is 19.1. The Balaban J connectivity index is 1.58. The van der Waals surface area contributed by atoms with Gasteiger partial charge >= 0.3 is 0 Å². The van der Waals surface area contributed by atoms with Gasteiger partial charge < -0.3 is 0 Å². The van der Waals surface area contributed by atoms with Gasteiger partial charge in [-0.1, -0.05) is 18.2 Å². The number of anilines is 1. The van der Waals surface area contributed by atoms with Crippen LogP contribution >= 0.6 is 0 Å². The van der Waals surface area contributed by atoms with Crippen molar-refractivity contribution < 1.29 is 14.0 Å². The lowest BCUT2D eigenvalue weighted by molar-refractivity contribution is -0.126. The fraction of sp³-hybridized carbons (Fsp3) is 0.364. The molecule has 0 radical (unpaired) electrons. The van der Waals surface area contributed by atoms with Crippen LogP contribution in [0.5, 0.6) is 0 Å². The number of fused-ring (bicyclic) bond motifs is 3. The predicted molar refractivity (Wildman–Crippen MR) is 103 cm³/mol. The summed E-state index contributed by atoms with van der Waals surface area (Å²) in [6.45, 7) is 5.56. The van der Waals surface area contributed by atoms with Gasteiger partial charge in [-0.3, -0.25) is 9.59 Å². The fourth-order valence-electron chi connectivity index (χ4n) is 4.89. The first-order valence-electron chi connectivity index (χ1n) is 9.71. The predicted octanol–water partition coefficient (Wildman–Crippen LogP) is 2.98. The molecular formula is C22H22FN3O2. The van der Waals surface area contributed by atoms with Crippen LogP contribution in [0.2, 0.25) is 0 Å². The normalized spacial score (nSPS) is 27.5. The third-order valence-corrected chi connectivity index (χ3v) is 6.37. The van der Waals surface area contributed by atoms with Gasteiger partial charge in [-0.25, -0.2) is 19.3 Å². The van der Waals surface area contributed by atoms with Crippen LogP contribution in [0.3, 0.4) is 0 Å². The number of carbonyl (C=O) groups excluding carboxylic acids is 2. The van der Waals surface area contributed by atoms with E-state index in [1.165, 1.54) is 17.0 Å². The van der Waals surface area contributed by atoms with E-state index in [0.717, 1.165) is 36.2 Å². The van der Waals surface area contributed by atoms with E-state index >= 15 is 0 Å². The summed E-state index contributed by atoms with van der Waals surface area (Å²) in [5, 5.41) is 4.19. The topological polar surface area (TPSA) is 43.9 Å². The van der Waals surface area contributed by atoms with Crippen molar-refractivity contribution in [3.05, 3.63) is 65.0 Å². The van der Waals surface area contributed by atoms with E-state index < -0.39 is 12.0 Å². The summed E-state index contributed by atoms with van der Waals surface area (Å²) in [6.07, 6.45) is 0.950. The van der Waals surface area contributed by atoms with Crippen molar-refractivity contribution in [3.8, 4) is 0 Å². The van der Waals surface area contributed by atoms with Crippen LogP contribution < -0.4 is 4.90 Å². The van der Waals surface area contributed by atoms with Crippen LogP contribution in [0.15, 0.2) is 42.5 Å². The molecule has 2 amide bonds. The van der Waals surface area contributed by atoms with Crippen molar-refractivity contribution in [2.75, 3.05) is 18.0 Å². The number of imide groups is 1. The quantitative estimate of drug-likeness (QED) is 0.753. The Bertz CT molecular complexity index is 974. The molecule has 144 valence electrons. The first-order chi connectivity index (χ1) is 13.5. The van der Waals surface area contributed by atoms with Crippen molar-refractivity contribution in [1.82, 2.24) is 10.0 Å². The molecule has 0 unspecified atom stereocenters. The van der Waals surface area contributed by atoms with Crippen molar-refractivity contribution >= 4 is 17.5 Å². The maximum atomic E-state index is 13.5. The van der Waals surface area contributed by atoms with Gasteiger partial charge in [-0.2, -0.15) is 0 Å². The van der Waals surface area contributed by atoms with Gasteiger partial charge in [0.25, 0.3) is 5.91 Å². The number of hydrogen-bond donors (Lipinski definition) is 0. The van der Waals surface area contributed by atoms with E-state index in [9.17, 15) is 14.0 Å². The number of aryl methyl sites for hydroxylation is 2. The molecule has 0 bridgehead atoms. The summed E-state index contributed by atoms with van der Waals surface area (Å²) >= 11 is 0. The molecule has 0 aliphatic carbocycles. The van der Waals surface area contributed by atoms with Crippen LogP contribution in [0.1, 0.15) is 29.2 Å². The van der Waals surface area contributed by atoms with E-state index in [2.05, 4.69) is 10.0 Å². The van der Waals surface area contributed by atoms with Crippen LogP contribution in [-0.4, -0.2) is 41.0 Å². The summed E-state index contributed by atoms with van der Waals surface area (Å²) < 4.78 is 13.4. The molecule has 2 aromatic rings. The molecule has 3 atom stereocenters. The first kappa shape index (κ1) is 17.5. The molecule has 5 rings (SSSR count). The number of nitrogens with zero attached hydrogens (tertiary/aromatic N) is 3. The van der Waals surface area contributed by atoms with Crippen molar-refractivity contribution in [1.29, 1.82) is 0 Å². The molecule has 3 aliphatic rings. The third-order valence-electron chi connectivity index (χ3n) is 6.37. The van der Waals surface area contributed by atoms with Gasteiger partial charge in [0.15, 0.2) is 0 Å². The number of benzene rings is 2. The Morgan fingerprint density at radius 1 is 0.857 bits per heavy atom. The van der Waals surface area contributed by atoms with Gasteiger partial charge in [0.05, 0.1) is 17.6 Å². The lowest BCUT2D eigenvalue weighted by Gasteiger charge is -2.29. The third kappa shape index (κ3) is 2.38. The minimum Gasteiger partial charge on any atom is -0.274 e. The maximum Gasteiger partial charge on any atom is 0.253 e. The molecule has 3 saturated heterocycles. The van der Waals surface area contributed by atoms with Crippen molar-refractivity contribution in [3.63, 3.8) is 0 Å². The second kappa shape index (κ2) is 6.22. The second-order valence-corrected chi connectivity index (χ2v) is 7.93. The molecule has 3 aliphatic heterocycles. The van der Waals surface area contributed by atoms with E-state index in [1.54, 1.807) is 12.1 Å². The number of hydrazine groups is 1. The van der Waals surface area contributed by atoms with Gasteiger partial charge in [-0.05, 0) is 61.2 Å². The highest BCUT2D eigenvalue weighted by molar-refractivity contribution is 6.24. The summed E-state index contributed by atoms with van der Waals surface area (Å²) in [7, 11) is 0. The Labute approximate surface area is 163 Å². The lowest BCUT2D eigenvalue weighted by atomic mass is 9.90. The largest absolute Gasteiger partial charge is 0.274 e. The summed E-state index contributed by atoms with van der Waals surface area (Å²) in [6, 6.07) is 11.3. The van der Waals surface area contributed by atoms with E-state index in [0.29, 0.717) is 5.69 Å². The molecule has 2 aromatic carbocycles. The second-order valence-electron chi connectivity index (χ2n) is 7.93. The molecule has 3 fully saturated rings. The van der Waals surface area contributed by atoms with E-state index in [1.807, 2.05) is 32.0 Å². The van der Waals surface area contributed by atoms with Gasteiger partial charge in [0.1, 0.15) is 11.9 Å². The molecule has 3 heterocycles. The zero-order chi connectivity index (χ0) is 19.6. The van der Waals surface area contributed by atoms with E-state index in [4.69, 9.17) is 0 Å². The highest BCUT2D eigenvalue weighted by Gasteiger charge is 2.62. The highest BCUT2D eigenvalue weighted by Crippen LogP contribution is 2.48. The average Bonchev–Trinajstić information content (AvgIpc) is 3.31. The number of halogens is 1. The zero-order valence-electron chi connectivity index (χ0n) is 15.9. The first-order valence-corrected chi connectivity index (χ1v) is 9.71. The minimum atomic E-state index is -0.480. The molecule has 6 heteroatoms. The summed E-state index contributed by atoms with van der Waals surface area (Å²) in [4.78, 5) is 28.2. The number of carbonyl (C=O) groups is 2. The van der Waals surface area contributed by atoms with Crippen molar-refractivity contribution in [2.45, 2.75) is 32.4 Å². The van der Waals surface area contributed by atoms with Gasteiger partial charge in [0.2, 0.25) is 5.91 Å². The Morgan fingerprint density at radius 2 is 1.54 bits per heavy atom. The molecular weight excluding hydrogens is 357 g/mol. The lowest BCUT2D eigenvalue weighted by Crippen LogP contribution is -2.44. The number of rotatable bonds is 2. The van der Waals surface area contributed by atoms with Crippen LogP contribution in [-0.2, 0) is 9.59 Å². The van der Waals surface area contributed by atoms with Crippen LogP contribution in [0, 0.1) is 25.6 Å². The maximum absolute atomic E-state index is 13.5. The van der Waals surface area contributed by atoms with Crippen LogP contribution in [0.25, 0.3) is 0 Å². The molecule has 0 N–H and O–H groups in total. The zero-order valence-corrected chi connectivity index (χ0v) is 15.9. The molecule has 0 saturated carbocycles. The fourth-order valence-corrected chi connectivity index (χ4v) is 4.89. The van der Waals surface area contributed by atoms with E-state index in [-0.39, 0.29) is 23.7 Å². The Hall–Kier alpha value is -2.57. The van der Waals surface area contributed by atoms with Gasteiger partial charge in [0, 0.05) is 13.1 Å². The standard InChI is InChI=1S/C22H22FN3O2/c1-13-4-9-17(12-14(13)2)26-21(27)18-19(15-5-7-16(23)8-6-15)24-10-3-11-25(24)20(18)22(26)28/h4-9,12,18-20H,3,10-11H2,1-2H3/t18-,19-,20+/m1/s1. The molecule has 28 heavy (non-hydrogen) atoms. The summed E-state index contributed by atoms with van der Waals surface area (Å²) in [5.74, 6) is -1.10. The molecule has 0 aromatic heterocycles. The monoisotopic (exact) mass is 379 g/mol. The SMILES string of the molecule is Cc1ccc(N2C(=O)[C@H]3[C@@H](C2=O)N2CCCN2[C@@H]3c2ccc(F)cc2)cc1C. The molecule has 5 nitrogen and oxygen atoms in total. The number of amides is 2. The number of hydrogen-bond acceptors (Lipinski definition) is 4. The summed E-state index contributed by atoms with van der Waals surface area (Å²) in [5.41, 5.74) is 3.69. The Kier molecular flexibility index (Phi) is 3.89. The minimum absolute atomic E-state index is 0.158. The molecule has 0 spiro atoms. The average molecular weight is 379 g/mol. The smallest absolute Gasteiger partial charge is 0.253 e. The van der Waals surface area contributed by atoms with Crippen molar-refractivity contribution in [2.24, 2.45) is 5.92 Å². The Morgan fingerprint density at radius 3 is 2.21 bits per heavy atom.